The summed E-state index contributed by atoms with van der Waals surface area (Å²) >= 11 is 2.08. The van der Waals surface area contributed by atoms with E-state index in [2.05, 4.69) is 23.1 Å². The SMILES string of the molecule is C#CCCCC(CC1CCSCC1)NN. The van der Waals surface area contributed by atoms with E-state index in [1.54, 1.807) is 0 Å². The summed E-state index contributed by atoms with van der Waals surface area (Å²) in [6.07, 6.45) is 12.3. The number of hydrogen-bond acceptors (Lipinski definition) is 3. The molecule has 0 saturated carbocycles. The van der Waals surface area contributed by atoms with Crippen molar-refractivity contribution >= 4 is 11.8 Å². The van der Waals surface area contributed by atoms with Gasteiger partial charge in [0, 0.05) is 12.5 Å². The van der Waals surface area contributed by atoms with Gasteiger partial charge in [0.2, 0.25) is 0 Å². The largest absolute Gasteiger partial charge is 0.271 e. The minimum absolute atomic E-state index is 0.464. The highest BCUT2D eigenvalue weighted by Gasteiger charge is 2.17. The van der Waals surface area contributed by atoms with Gasteiger partial charge in [0.05, 0.1) is 0 Å². The summed E-state index contributed by atoms with van der Waals surface area (Å²) in [6.45, 7) is 0. The van der Waals surface area contributed by atoms with E-state index in [0.717, 1.165) is 25.2 Å². The van der Waals surface area contributed by atoms with Crippen molar-refractivity contribution in [2.24, 2.45) is 11.8 Å². The summed E-state index contributed by atoms with van der Waals surface area (Å²) in [6, 6.07) is 0.464. The average molecular weight is 226 g/mol. The Bertz CT molecular complexity index is 194. The fourth-order valence-corrected chi connectivity index (χ4v) is 3.31. The summed E-state index contributed by atoms with van der Waals surface area (Å²) in [7, 11) is 0. The van der Waals surface area contributed by atoms with Gasteiger partial charge in [-0.3, -0.25) is 11.3 Å². The number of hydrogen-bond donors (Lipinski definition) is 2. The van der Waals surface area contributed by atoms with E-state index >= 15 is 0 Å². The van der Waals surface area contributed by atoms with E-state index in [1.165, 1.54) is 30.8 Å². The van der Waals surface area contributed by atoms with Crippen molar-refractivity contribution in [1.29, 1.82) is 0 Å². The standard InChI is InChI=1S/C12H22N2S/c1-2-3-4-5-12(14-13)10-11-6-8-15-9-7-11/h1,11-12,14H,3-10,13H2. The Labute approximate surface area is 97.7 Å². The molecule has 0 radical (unpaired) electrons. The van der Waals surface area contributed by atoms with Crippen LogP contribution in [0.15, 0.2) is 0 Å². The van der Waals surface area contributed by atoms with Gasteiger partial charge in [-0.15, -0.1) is 12.3 Å². The molecule has 0 spiro atoms. The van der Waals surface area contributed by atoms with Gasteiger partial charge >= 0.3 is 0 Å². The molecule has 15 heavy (non-hydrogen) atoms. The first-order valence-corrected chi connectivity index (χ1v) is 6.99. The van der Waals surface area contributed by atoms with Crippen LogP contribution in [0.1, 0.15) is 38.5 Å². The van der Waals surface area contributed by atoms with Crippen LogP contribution in [0.4, 0.5) is 0 Å². The zero-order valence-corrected chi connectivity index (χ0v) is 10.2. The van der Waals surface area contributed by atoms with E-state index in [9.17, 15) is 0 Å². The summed E-state index contributed by atoms with van der Waals surface area (Å²) in [5.41, 5.74) is 2.93. The van der Waals surface area contributed by atoms with Crippen LogP contribution in [0.5, 0.6) is 0 Å². The first kappa shape index (κ1) is 12.9. The number of nitrogens with two attached hydrogens (primary N) is 1. The normalized spacial score (nSPS) is 19.7. The Hall–Kier alpha value is -0.170. The van der Waals surface area contributed by atoms with E-state index in [1.807, 2.05) is 0 Å². The van der Waals surface area contributed by atoms with Crippen LogP contribution < -0.4 is 11.3 Å². The minimum atomic E-state index is 0.464. The molecule has 3 N–H and O–H groups in total. The van der Waals surface area contributed by atoms with Crippen molar-refractivity contribution < 1.29 is 0 Å². The molecule has 1 aliphatic heterocycles. The quantitative estimate of drug-likeness (QED) is 0.315. The highest BCUT2D eigenvalue weighted by molar-refractivity contribution is 7.99. The Balaban J connectivity index is 2.17. The van der Waals surface area contributed by atoms with Crippen molar-refractivity contribution in [2.75, 3.05) is 11.5 Å². The molecule has 1 saturated heterocycles. The molecule has 1 atom stereocenters. The van der Waals surface area contributed by atoms with Crippen molar-refractivity contribution in [3.05, 3.63) is 0 Å². The van der Waals surface area contributed by atoms with Gasteiger partial charge in [-0.25, -0.2) is 0 Å². The monoisotopic (exact) mass is 226 g/mol. The predicted molar refractivity (Wildman–Crippen MR) is 68.5 cm³/mol. The second-order valence-electron chi connectivity index (χ2n) is 4.25. The van der Waals surface area contributed by atoms with Crippen molar-refractivity contribution in [3.63, 3.8) is 0 Å². The molecule has 86 valence electrons. The lowest BCUT2D eigenvalue weighted by Crippen LogP contribution is -2.37. The molecule has 1 rings (SSSR count). The van der Waals surface area contributed by atoms with Crippen LogP contribution >= 0.6 is 11.8 Å². The molecule has 0 aromatic rings. The minimum Gasteiger partial charge on any atom is -0.271 e. The third-order valence-corrected chi connectivity index (χ3v) is 4.12. The Morgan fingerprint density at radius 2 is 2.20 bits per heavy atom. The highest BCUT2D eigenvalue weighted by atomic mass is 32.2. The lowest BCUT2D eigenvalue weighted by Gasteiger charge is -2.25. The van der Waals surface area contributed by atoms with Crippen molar-refractivity contribution in [1.82, 2.24) is 5.43 Å². The van der Waals surface area contributed by atoms with Gasteiger partial charge in [0.15, 0.2) is 0 Å². The van der Waals surface area contributed by atoms with Gasteiger partial charge in [-0.1, -0.05) is 0 Å². The molecule has 0 amide bonds. The number of unbranched alkanes of at least 4 members (excludes halogenated alkanes) is 1. The van der Waals surface area contributed by atoms with Crippen LogP contribution in [0.3, 0.4) is 0 Å². The third-order valence-electron chi connectivity index (χ3n) is 3.07. The topological polar surface area (TPSA) is 38.0 Å². The van der Waals surface area contributed by atoms with Gasteiger partial charge in [-0.2, -0.15) is 11.8 Å². The second-order valence-corrected chi connectivity index (χ2v) is 5.48. The van der Waals surface area contributed by atoms with Crippen LogP contribution in [0, 0.1) is 18.3 Å². The van der Waals surface area contributed by atoms with Gasteiger partial charge < -0.3 is 0 Å². The first-order valence-electron chi connectivity index (χ1n) is 5.84. The van der Waals surface area contributed by atoms with Crippen LogP contribution in [0.2, 0.25) is 0 Å². The maximum atomic E-state index is 5.57. The van der Waals surface area contributed by atoms with Crippen LogP contribution in [-0.2, 0) is 0 Å². The maximum absolute atomic E-state index is 5.57. The summed E-state index contributed by atoms with van der Waals surface area (Å²) in [5, 5.41) is 0. The maximum Gasteiger partial charge on any atom is 0.0213 e. The van der Waals surface area contributed by atoms with Crippen LogP contribution in [-0.4, -0.2) is 17.5 Å². The molecule has 0 aliphatic carbocycles. The average Bonchev–Trinajstić information content (AvgIpc) is 2.29. The predicted octanol–water partition coefficient (Wildman–Crippen LogP) is 2.16. The number of nitrogens with one attached hydrogen (secondary N) is 1. The molecule has 1 aliphatic rings. The number of hydrazine groups is 1. The van der Waals surface area contributed by atoms with E-state index in [0.29, 0.717) is 6.04 Å². The smallest absolute Gasteiger partial charge is 0.0213 e. The molecule has 3 heteroatoms. The number of rotatable bonds is 6. The molecule has 0 aromatic heterocycles. The second kappa shape index (κ2) is 8.04. The fraction of sp³-hybridized carbons (Fsp3) is 0.833. The van der Waals surface area contributed by atoms with Gasteiger partial charge in [0.1, 0.15) is 0 Å². The molecule has 0 aromatic carbocycles. The zero-order chi connectivity index (χ0) is 10.9. The molecule has 1 unspecified atom stereocenters. The summed E-state index contributed by atoms with van der Waals surface area (Å²) < 4.78 is 0. The highest BCUT2D eigenvalue weighted by Crippen LogP contribution is 2.27. The van der Waals surface area contributed by atoms with Crippen molar-refractivity contribution in [2.45, 2.75) is 44.6 Å². The van der Waals surface area contributed by atoms with Gasteiger partial charge in [-0.05, 0) is 49.5 Å². The third kappa shape index (κ3) is 5.46. The lowest BCUT2D eigenvalue weighted by molar-refractivity contribution is 0.350. The first-order chi connectivity index (χ1) is 7.36. The molecule has 1 heterocycles. The van der Waals surface area contributed by atoms with E-state index < -0.39 is 0 Å². The molecule has 0 bridgehead atoms. The fourth-order valence-electron chi connectivity index (χ4n) is 2.10. The van der Waals surface area contributed by atoms with Crippen LogP contribution in [0.25, 0.3) is 0 Å². The van der Waals surface area contributed by atoms with Crippen molar-refractivity contribution in [3.8, 4) is 12.3 Å². The molecular formula is C12H22N2S. The van der Waals surface area contributed by atoms with E-state index in [-0.39, 0.29) is 0 Å². The number of thioether (sulfide) groups is 1. The Morgan fingerprint density at radius 3 is 2.80 bits per heavy atom. The summed E-state index contributed by atoms with van der Waals surface area (Å²) in [5.74, 6) is 11.8. The Morgan fingerprint density at radius 1 is 1.47 bits per heavy atom. The van der Waals surface area contributed by atoms with E-state index in [4.69, 9.17) is 12.3 Å². The molecule has 2 nitrogen and oxygen atoms in total. The molecule has 1 fully saturated rings. The lowest BCUT2D eigenvalue weighted by atomic mass is 9.92. The summed E-state index contributed by atoms with van der Waals surface area (Å²) in [4.78, 5) is 0. The Kier molecular flexibility index (Phi) is 6.91. The van der Waals surface area contributed by atoms with Gasteiger partial charge in [0.25, 0.3) is 0 Å². The zero-order valence-electron chi connectivity index (χ0n) is 9.37. The number of terminal acetylenes is 1. The molecular weight excluding hydrogens is 204 g/mol.